The van der Waals surface area contributed by atoms with Crippen LogP contribution in [0, 0.1) is 18.6 Å². The fourth-order valence-electron chi connectivity index (χ4n) is 2.43. The lowest BCUT2D eigenvalue weighted by Crippen LogP contribution is -2.18. The quantitative estimate of drug-likeness (QED) is 0.561. The molecule has 1 N–H and O–H groups in total. The maximum absolute atomic E-state index is 13.8. The molecular weight excluding hydrogens is 344 g/mol. The van der Waals surface area contributed by atoms with Crippen molar-refractivity contribution >= 4 is 11.6 Å². The molecule has 0 saturated heterocycles. The number of halogens is 2. The van der Waals surface area contributed by atoms with Crippen LogP contribution in [0.25, 0.3) is 5.65 Å². The summed E-state index contributed by atoms with van der Waals surface area (Å²) in [6.07, 6.45) is 3.04. The molecule has 134 valence electrons. The van der Waals surface area contributed by atoms with Crippen molar-refractivity contribution in [2.24, 2.45) is 10.3 Å². The Hall–Kier alpha value is -3.36. The minimum Gasteiger partial charge on any atom is -0.485 e. The van der Waals surface area contributed by atoms with Gasteiger partial charge in [0.15, 0.2) is 11.4 Å². The van der Waals surface area contributed by atoms with Crippen LogP contribution in [-0.4, -0.2) is 22.3 Å². The first-order valence-corrected chi connectivity index (χ1v) is 7.64. The molecule has 1 aromatic carbocycles. The Labute approximate surface area is 147 Å². The largest absolute Gasteiger partial charge is 0.485 e. The third kappa shape index (κ3) is 3.37. The topological polar surface area (TPSA) is 80.4 Å². The van der Waals surface area contributed by atoms with Gasteiger partial charge in [-0.25, -0.2) is 19.2 Å². The second-order valence-corrected chi connectivity index (χ2v) is 5.45. The van der Waals surface area contributed by atoms with Gasteiger partial charge in [-0.3, -0.25) is 9.20 Å². The van der Waals surface area contributed by atoms with Crippen molar-refractivity contribution in [1.29, 1.82) is 0 Å². The number of fused-ring (bicyclic) bond motifs is 1. The number of rotatable bonds is 5. The molecule has 0 aliphatic heterocycles. The normalized spacial score (nSPS) is 11.2. The zero-order valence-electron chi connectivity index (χ0n) is 14.0. The number of nitrogens with one attached hydrogen (secondary N) is 1. The van der Waals surface area contributed by atoms with Gasteiger partial charge in [-0.05, 0) is 30.7 Å². The average molecular weight is 359 g/mol. The van der Waals surface area contributed by atoms with Crippen LogP contribution in [0.5, 0.6) is 5.75 Å². The van der Waals surface area contributed by atoms with Crippen molar-refractivity contribution < 1.29 is 18.3 Å². The van der Waals surface area contributed by atoms with Crippen LogP contribution < -0.4 is 10.2 Å². The first-order chi connectivity index (χ1) is 12.5. The molecule has 0 unspecified atom stereocenters. The third-order valence-corrected chi connectivity index (χ3v) is 3.63. The van der Waals surface area contributed by atoms with E-state index in [0.717, 1.165) is 17.7 Å². The predicted molar refractivity (Wildman–Crippen MR) is 88.9 cm³/mol. The summed E-state index contributed by atoms with van der Waals surface area (Å²) < 4.78 is 34.6. The summed E-state index contributed by atoms with van der Waals surface area (Å²) in [6, 6.07) is 5.28. The molecule has 3 rings (SSSR count). The maximum atomic E-state index is 13.8. The zero-order chi connectivity index (χ0) is 18.7. The van der Waals surface area contributed by atoms with Gasteiger partial charge in [0.2, 0.25) is 0 Å². The van der Waals surface area contributed by atoms with Gasteiger partial charge in [-0.2, -0.15) is 5.11 Å². The van der Waals surface area contributed by atoms with Crippen molar-refractivity contribution in [3.8, 4) is 5.75 Å². The molecule has 0 aliphatic rings. The Morgan fingerprint density at radius 3 is 2.77 bits per heavy atom. The van der Waals surface area contributed by atoms with E-state index in [0.29, 0.717) is 11.4 Å². The van der Waals surface area contributed by atoms with Gasteiger partial charge in [0.25, 0.3) is 5.91 Å². The lowest BCUT2D eigenvalue weighted by Gasteiger charge is -2.10. The third-order valence-electron chi connectivity index (χ3n) is 3.63. The molecule has 9 heteroatoms. The molecule has 0 fully saturated rings. The van der Waals surface area contributed by atoms with Crippen LogP contribution in [0.1, 0.15) is 21.6 Å². The molecule has 1 amide bonds. The van der Waals surface area contributed by atoms with E-state index in [1.165, 1.54) is 23.7 Å². The van der Waals surface area contributed by atoms with Crippen LogP contribution in [-0.2, 0) is 6.61 Å². The van der Waals surface area contributed by atoms with Crippen molar-refractivity contribution in [3.05, 3.63) is 65.1 Å². The maximum Gasteiger partial charge on any atom is 0.291 e. The molecule has 26 heavy (non-hydrogen) atoms. The Kier molecular flexibility index (Phi) is 4.87. The second kappa shape index (κ2) is 7.26. The molecule has 7 nitrogen and oxygen atoms in total. The number of hydrogen-bond donors (Lipinski definition) is 1. The van der Waals surface area contributed by atoms with E-state index in [2.05, 4.69) is 20.7 Å². The van der Waals surface area contributed by atoms with Crippen LogP contribution >= 0.6 is 0 Å². The van der Waals surface area contributed by atoms with E-state index in [1.54, 1.807) is 19.2 Å². The smallest absolute Gasteiger partial charge is 0.291 e. The zero-order valence-corrected chi connectivity index (χ0v) is 14.0. The average Bonchev–Trinajstić information content (AvgIpc) is 3.03. The van der Waals surface area contributed by atoms with Gasteiger partial charge < -0.3 is 4.74 Å². The second-order valence-electron chi connectivity index (χ2n) is 5.45. The predicted octanol–water partition coefficient (Wildman–Crippen LogP) is 3.23. The molecule has 0 spiro atoms. The number of nitrogens with zero attached hydrogens (tertiary/aromatic N) is 4. The molecule has 0 radical (unpaired) electrons. The molecule has 0 atom stereocenters. The van der Waals surface area contributed by atoms with Crippen LogP contribution in [0.3, 0.4) is 0 Å². The van der Waals surface area contributed by atoms with Crippen molar-refractivity contribution in [1.82, 2.24) is 14.8 Å². The number of pyridine rings is 1. The lowest BCUT2D eigenvalue weighted by atomic mass is 10.2. The van der Waals surface area contributed by atoms with E-state index in [-0.39, 0.29) is 17.9 Å². The lowest BCUT2D eigenvalue weighted by molar-refractivity contribution is 0.0945. The van der Waals surface area contributed by atoms with Gasteiger partial charge in [-0.15, -0.1) is 0 Å². The fraction of sp³-hybridized carbons (Fsp3) is 0.176. The highest BCUT2D eigenvalue weighted by Crippen LogP contribution is 2.24. The van der Waals surface area contributed by atoms with Gasteiger partial charge in [0.05, 0.1) is 18.8 Å². The van der Waals surface area contributed by atoms with Crippen LogP contribution in [0.2, 0.25) is 0 Å². The Bertz CT molecular complexity index is 980. The van der Waals surface area contributed by atoms with E-state index in [1.807, 2.05) is 0 Å². The highest BCUT2D eigenvalue weighted by Gasteiger charge is 2.16. The Balaban J connectivity index is 1.94. The molecule has 0 saturated carbocycles. The number of benzene rings is 1. The van der Waals surface area contributed by atoms with Crippen molar-refractivity contribution in [3.63, 3.8) is 0 Å². The number of ether oxygens (including phenoxy) is 1. The molecular formula is C17H15F2N5O2. The van der Waals surface area contributed by atoms with Gasteiger partial charge in [-0.1, -0.05) is 11.3 Å². The number of amides is 1. The highest BCUT2D eigenvalue weighted by atomic mass is 19.1. The molecule has 2 aromatic heterocycles. The SMILES string of the molecule is CN=NNC(=O)c1cnc2c(OCc3c(F)cccc3F)cc(C)cn12. The summed E-state index contributed by atoms with van der Waals surface area (Å²) in [5, 5.41) is 6.89. The summed E-state index contributed by atoms with van der Waals surface area (Å²) in [4.78, 5) is 16.3. The number of carbonyl (C=O) groups is 1. The van der Waals surface area contributed by atoms with Crippen LogP contribution in [0.4, 0.5) is 8.78 Å². The first kappa shape index (κ1) is 17.5. The van der Waals surface area contributed by atoms with Crippen LogP contribution in [0.15, 0.2) is 47.0 Å². The summed E-state index contributed by atoms with van der Waals surface area (Å²) in [5.41, 5.74) is 3.40. The number of imidazole rings is 1. The summed E-state index contributed by atoms with van der Waals surface area (Å²) >= 11 is 0. The van der Waals surface area contributed by atoms with Gasteiger partial charge in [0.1, 0.15) is 23.9 Å². The summed E-state index contributed by atoms with van der Waals surface area (Å²) in [7, 11) is 1.42. The number of aryl methyl sites for hydroxylation is 1. The molecule has 0 bridgehead atoms. The van der Waals surface area contributed by atoms with E-state index in [4.69, 9.17) is 4.74 Å². The van der Waals surface area contributed by atoms with Crippen molar-refractivity contribution in [2.75, 3.05) is 7.05 Å². The number of aromatic nitrogens is 2. The standard InChI is InChI=1S/C17H15F2N5O2/c1-10-6-15(26-9-11-12(18)4-3-5-13(11)19)16-21-7-14(24(16)8-10)17(25)22-23-20-2/h3-8H,9H2,1-2H3,(H,20,22,25). The molecule has 3 aromatic rings. The number of carbonyl (C=O) groups excluding carboxylic acids is 1. The highest BCUT2D eigenvalue weighted by molar-refractivity contribution is 5.93. The first-order valence-electron chi connectivity index (χ1n) is 7.64. The minimum atomic E-state index is -0.693. The summed E-state index contributed by atoms with van der Waals surface area (Å²) in [6.45, 7) is 1.49. The molecule has 0 aliphatic carbocycles. The minimum absolute atomic E-state index is 0.181. The monoisotopic (exact) mass is 359 g/mol. The Morgan fingerprint density at radius 1 is 1.35 bits per heavy atom. The fourth-order valence-corrected chi connectivity index (χ4v) is 2.43. The molecule has 2 heterocycles. The van der Waals surface area contributed by atoms with E-state index in [9.17, 15) is 13.6 Å². The van der Waals surface area contributed by atoms with Gasteiger partial charge in [0, 0.05) is 6.20 Å². The number of hydrogen-bond acceptors (Lipinski definition) is 5. The van der Waals surface area contributed by atoms with Gasteiger partial charge >= 0.3 is 0 Å². The van der Waals surface area contributed by atoms with E-state index >= 15 is 0 Å². The van der Waals surface area contributed by atoms with E-state index < -0.39 is 17.5 Å². The Morgan fingerprint density at radius 2 is 2.08 bits per heavy atom. The van der Waals surface area contributed by atoms with Crippen molar-refractivity contribution in [2.45, 2.75) is 13.5 Å². The summed E-state index contributed by atoms with van der Waals surface area (Å²) in [5.74, 6) is -1.59.